The second-order valence-corrected chi connectivity index (χ2v) is 4.86. The van der Waals surface area contributed by atoms with Gasteiger partial charge in [-0.05, 0) is 11.6 Å². The Balaban J connectivity index is 2.11. The molecular formula is C15H13ClN2O2. The Kier molecular flexibility index (Phi) is 3.24. The molecule has 0 bridgehead atoms. The molecule has 0 radical (unpaired) electrons. The number of furan rings is 1. The van der Waals surface area contributed by atoms with E-state index in [9.17, 15) is 4.79 Å². The Bertz CT molecular complexity index is 773. The van der Waals surface area contributed by atoms with E-state index in [1.807, 2.05) is 34.9 Å². The third kappa shape index (κ3) is 2.08. The summed E-state index contributed by atoms with van der Waals surface area (Å²) in [6, 6.07) is 11.2. The normalized spacial score (nSPS) is 10.9. The van der Waals surface area contributed by atoms with Crippen molar-refractivity contribution >= 4 is 28.6 Å². The third-order valence-electron chi connectivity index (χ3n) is 3.27. The minimum absolute atomic E-state index is 0.150. The van der Waals surface area contributed by atoms with Crippen molar-refractivity contribution in [3.63, 3.8) is 0 Å². The van der Waals surface area contributed by atoms with Crippen LogP contribution in [0.2, 0.25) is 5.02 Å². The highest BCUT2D eigenvalue weighted by atomic mass is 35.5. The monoisotopic (exact) mass is 288 g/mol. The minimum Gasteiger partial charge on any atom is -0.463 e. The van der Waals surface area contributed by atoms with Crippen LogP contribution in [0, 0.1) is 0 Å². The van der Waals surface area contributed by atoms with Gasteiger partial charge in [0.05, 0.1) is 11.8 Å². The van der Waals surface area contributed by atoms with Crippen LogP contribution in [0.3, 0.4) is 0 Å². The van der Waals surface area contributed by atoms with Crippen molar-refractivity contribution in [3.05, 3.63) is 58.9 Å². The van der Waals surface area contributed by atoms with Gasteiger partial charge in [0.1, 0.15) is 5.69 Å². The van der Waals surface area contributed by atoms with Gasteiger partial charge in [0.25, 0.3) is 5.91 Å². The summed E-state index contributed by atoms with van der Waals surface area (Å²) < 4.78 is 7.27. The van der Waals surface area contributed by atoms with E-state index in [0.29, 0.717) is 22.8 Å². The van der Waals surface area contributed by atoms with E-state index in [2.05, 4.69) is 5.32 Å². The van der Waals surface area contributed by atoms with E-state index in [0.717, 1.165) is 11.1 Å². The molecule has 102 valence electrons. The van der Waals surface area contributed by atoms with Gasteiger partial charge in [-0.1, -0.05) is 29.8 Å². The second-order valence-electron chi connectivity index (χ2n) is 4.46. The van der Waals surface area contributed by atoms with Gasteiger partial charge in [0.2, 0.25) is 0 Å². The molecule has 3 aromatic rings. The number of halogens is 1. The lowest BCUT2D eigenvalue weighted by Crippen LogP contribution is -2.22. The summed E-state index contributed by atoms with van der Waals surface area (Å²) in [5.74, 6) is -0.150. The summed E-state index contributed by atoms with van der Waals surface area (Å²) in [4.78, 5) is 12.0. The van der Waals surface area contributed by atoms with Gasteiger partial charge in [0, 0.05) is 30.7 Å². The van der Waals surface area contributed by atoms with Crippen molar-refractivity contribution in [1.82, 2.24) is 9.88 Å². The fourth-order valence-corrected chi connectivity index (χ4v) is 2.46. The molecule has 0 saturated carbocycles. The van der Waals surface area contributed by atoms with Crippen LogP contribution in [0.15, 0.2) is 47.1 Å². The Morgan fingerprint density at radius 3 is 2.90 bits per heavy atom. The van der Waals surface area contributed by atoms with E-state index in [-0.39, 0.29) is 5.91 Å². The predicted octanol–water partition coefficient (Wildman–Crippen LogP) is 3.30. The Hall–Kier alpha value is -2.20. The first-order valence-electron chi connectivity index (χ1n) is 6.23. The number of hydrogen-bond donors (Lipinski definition) is 1. The standard InChI is InChI=1S/C15H13ClN2O2/c1-17-15(19)13-8-14-12(6-7-20-14)18(13)9-10-4-2-3-5-11(10)16/h2-8H,9H2,1H3,(H,17,19). The average Bonchev–Trinajstić information content (AvgIpc) is 3.03. The summed E-state index contributed by atoms with van der Waals surface area (Å²) in [5.41, 5.74) is 3.08. The van der Waals surface area contributed by atoms with Gasteiger partial charge in [0.15, 0.2) is 5.58 Å². The Labute approximate surface area is 120 Å². The molecule has 0 spiro atoms. The number of fused-ring (bicyclic) bond motifs is 1. The fraction of sp³-hybridized carbons (Fsp3) is 0.133. The molecule has 2 heterocycles. The van der Waals surface area contributed by atoms with Crippen LogP contribution in [0.1, 0.15) is 16.1 Å². The second kappa shape index (κ2) is 5.06. The van der Waals surface area contributed by atoms with Crippen molar-refractivity contribution in [3.8, 4) is 0 Å². The van der Waals surface area contributed by atoms with Crippen LogP contribution in [-0.2, 0) is 6.54 Å². The summed E-state index contributed by atoms with van der Waals surface area (Å²) in [6.45, 7) is 0.519. The maximum atomic E-state index is 12.0. The molecule has 0 aliphatic heterocycles. The smallest absolute Gasteiger partial charge is 0.267 e. The predicted molar refractivity (Wildman–Crippen MR) is 78.1 cm³/mol. The number of rotatable bonds is 3. The lowest BCUT2D eigenvalue weighted by atomic mass is 10.2. The van der Waals surface area contributed by atoms with Crippen LogP contribution in [0.4, 0.5) is 0 Å². The molecule has 0 aliphatic rings. The van der Waals surface area contributed by atoms with Crippen LogP contribution in [0.5, 0.6) is 0 Å². The molecule has 5 heteroatoms. The van der Waals surface area contributed by atoms with Crippen molar-refractivity contribution < 1.29 is 9.21 Å². The zero-order valence-electron chi connectivity index (χ0n) is 10.9. The van der Waals surface area contributed by atoms with Crippen LogP contribution < -0.4 is 5.32 Å². The topological polar surface area (TPSA) is 47.2 Å². The van der Waals surface area contributed by atoms with Gasteiger partial charge in [-0.2, -0.15) is 0 Å². The number of nitrogens with zero attached hydrogens (tertiary/aromatic N) is 1. The number of carbonyl (C=O) groups excluding carboxylic acids is 1. The SMILES string of the molecule is CNC(=O)c1cc2occc2n1Cc1ccccc1Cl. The van der Waals surface area contributed by atoms with Crippen molar-refractivity contribution in [1.29, 1.82) is 0 Å². The van der Waals surface area contributed by atoms with Gasteiger partial charge >= 0.3 is 0 Å². The highest BCUT2D eigenvalue weighted by Crippen LogP contribution is 2.24. The molecule has 20 heavy (non-hydrogen) atoms. The van der Waals surface area contributed by atoms with E-state index < -0.39 is 0 Å². The molecule has 0 atom stereocenters. The zero-order valence-corrected chi connectivity index (χ0v) is 11.6. The third-order valence-corrected chi connectivity index (χ3v) is 3.64. The number of aromatic nitrogens is 1. The summed E-state index contributed by atoms with van der Waals surface area (Å²) in [5, 5.41) is 3.32. The van der Waals surface area contributed by atoms with E-state index >= 15 is 0 Å². The summed E-state index contributed by atoms with van der Waals surface area (Å²) >= 11 is 6.19. The average molecular weight is 289 g/mol. The number of hydrogen-bond acceptors (Lipinski definition) is 2. The highest BCUT2D eigenvalue weighted by molar-refractivity contribution is 6.31. The molecular weight excluding hydrogens is 276 g/mol. The largest absolute Gasteiger partial charge is 0.463 e. The summed E-state index contributed by atoms with van der Waals surface area (Å²) in [6.07, 6.45) is 1.61. The molecule has 1 N–H and O–H groups in total. The van der Waals surface area contributed by atoms with Gasteiger partial charge in [-0.3, -0.25) is 4.79 Å². The van der Waals surface area contributed by atoms with Gasteiger partial charge in [-0.25, -0.2) is 0 Å². The first kappa shape index (κ1) is 12.8. The molecule has 1 aromatic carbocycles. The Morgan fingerprint density at radius 1 is 1.35 bits per heavy atom. The zero-order chi connectivity index (χ0) is 14.1. The first-order chi connectivity index (χ1) is 9.70. The van der Waals surface area contributed by atoms with Gasteiger partial charge in [-0.15, -0.1) is 0 Å². The van der Waals surface area contributed by atoms with Crippen LogP contribution >= 0.6 is 11.6 Å². The Morgan fingerprint density at radius 2 is 2.15 bits per heavy atom. The highest BCUT2D eigenvalue weighted by Gasteiger charge is 2.17. The molecule has 0 fully saturated rings. The van der Waals surface area contributed by atoms with Crippen LogP contribution in [0.25, 0.3) is 11.1 Å². The number of amides is 1. The number of nitrogens with one attached hydrogen (secondary N) is 1. The van der Waals surface area contributed by atoms with E-state index in [1.54, 1.807) is 19.4 Å². The van der Waals surface area contributed by atoms with Crippen molar-refractivity contribution in [2.75, 3.05) is 7.05 Å². The fourth-order valence-electron chi connectivity index (χ4n) is 2.26. The molecule has 4 nitrogen and oxygen atoms in total. The van der Waals surface area contributed by atoms with Crippen LogP contribution in [-0.4, -0.2) is 17.5 Å². The molecule has 0 saturated heterocycles. The van der Waals surface area contributed by atoms with Crippen molar-refractivity contribution in [2.24, 2.45) is 0 Å². The van der Waals surface area contributed by atoms with Gasteiger partial charge < -0.3 is 14.3 Å². The maximum Gasteiger partial charge on any atom is 0.267 e. The molecule has 2 aromatic heterocycles. The lowest BCUT2D eigenvalue weighted by molar-refractivity contribution is 0.0954. The van der Waals surface area contributed by atoms with E-state index in [4.69, 9.17) is 16.0 Å². The lowest BCUT2D eigenvalue weighted by Gasteiger charge is -2.10. The maximum absolute atomic E-state index is 12.0. The molecule has 1 amide bonds. The minimum atomic E-state index is -0.150. The quantitative estimate of drug-likeness (QED) is 0.804. The molecule has 0 unspecified atom stereocenters. The summed E-state index contributed by atoms with van der Waals surface area (Å²) in [7, 11) is 1.61. The number of benzene rings is 1. The van der Waals surface area contributed by atoms with E-state index in [1.165, 1.54) is 0 Å². The molecule has 0 aliphatic carbocycles. The first-order valence-corrected chi connectivity index (χ1v) is 6.60. The number of carbonyl (C=O) groups is 1. The van der Waals surface area contributed by atoms with Crippen molar-refractivity contribution in [2.45, 2.75) is 6.54 Å². The molecule has 3 rings (SSSR count).